The van der Waals surface area contributed by atoms with Gasteiger partial charge in [-0.2, -0.15) is 0 Å². The number of allylic oxidation sites excluding steroid dienone is 2. The zero-order chi connectivity index (χ0) is 15.2. The van der Waals surface area contributed by atoms with Crippen LogP contribution < -0.4 is 0 Å². The molecule has 0 aliphatic heterocycles. The molecule has 20 heavy (non-hydrogen) atoms. The van der Waals surface area contributed by atoms with Crippen molar-refractivity contribution in [3.05, 3.63) is 24.5 Å². The van der Waals surface area contributed by atoms with Crippen molar-refractivity contribution in [1.29, 1.82) is 0 Å². The molecule has 0 heterocycles. The van der Waals surface area contributed by atoms with Crippen molar-refractivity contribution in [3.8, 4) is 0 Å². The summed E-state index contributed by atoms with van der Waals surface area (Å²) in [4.78, 5) is 0. The molecular weight excluding hydrogens is 264 g/mol. The molecule has 2 aliphatic rings. The molecule has 2 rings (SSSR count). The molecule has 1 fully saturated rings. The van der Waals surface area contributed by atoms with Gasteiger partial charge >= 0.3 is 0 Å². The van der Waals surface area contributed by atoms with Crippen molar-refractivity contribution < 1.29 is 9.53 Å². The number of hydrogen-bond donors (Lipinski definition) is 1. The van der Waals surface area contributed by atoms with Crippen LogP contribution in [0.15, 0.2) is 24.5 Å². The smallest absolute Gasteiger partial charge is 0.250 e. The van der Waals surface area contributed by atoms with Crippen LogP contribution >= 0.6 is 0 Å². The summed E-state index contributed by atoms with van der Waals surface area (Å²) in [7, 11) is -1.84. The fourth-order valence-electron chi connectivity index (χ4n) is 3.29. The standard InChI is InChI=1S/C17H30O2Si/c1-7-13-10-12-17(18)11-8-9-14(15(13)17)19-20(5,6)16(2,3)4/h7,9,13,15,18H,1,8,10-12H2,2-6H3/t13-,15-,17+/m0/s1. The van der Waals surface area contributed by atoms with E-state index >= 15 is 0 Å². The zero-order valence-electron chi connectivity index (χ0n) is 13.7. The highest BCUT2D eigenvalue weighted by atomic mass is 28.4. The van der Waals surface area contributed by atoms with Crippen LogP contribution in [0.25, 0.3) is 0 Å². The molecule has 0 aromatic rings. The van der Waals surface area contributed by atoms with Crippen molar-refractivity contribution in [1.82, 2.24) is 0 Å². The van der Waals surface area contributed by atoms with Gasteiger partial charge in [-0.3, -0.25) is 0 Å². The van der Waals surface area contributed by atoms with E-state index in [0.29, 0.717) is 5.92 Å². The van der Waals surface area contributed by atoms with E-state index in [2.05, 4.69) is 46.5 Å². The third-order valence-corrected chi connectivity index (χ3v) is 9.99. The first-order valence-corrected chi connectivity index (χ1v) is 10.8. The van der Waals surface area contributed by atoms with Gasteiger partial charge in [0.15, 0.2) is 0 Å². The average Bonchev–Trinajstić information content (AvgIpc) is 2.65. The maximum absolute atomic E-state index is 10.9. The van der Waals surface area contributed by atoms with Crippen LogP contribution in [0.3, 0.4) is 0 Å². The molecule has 2 aliphatic carbocycles. The molecule has 0 spiro atoms. The molecule has 1 N–H and O–H groups in total. The van der Waals surface area contributed by atoms with E-state index in [0.717, 1.165) is 31.4 Å². The Kier molecular flexibility index (Phi) is 3.98. The SMILES string of the molecule is C=C[C@H]1CC[C@]2(O)CCC=C(O[Si](C)(C)C(C)(C)C)[C@H]12. The van der Waals surface area contributed by atoms with Crippen LogP contribution in [0, 0.1) is 11.8 Å². The van der Waals surface area contributed by atoms with Crippen LogP contribution in [0.1, 0.15) is 46.5 Å². The van der Waals surface area contributed by atoms with Gasteiger partial charge in [0.05, 0.1) is 11.4 Å². The largest absolute Gasteiger partial charge is 0.546 e. The molecule has 3 atom stereocenters. The van der Waals surface area contributed by atoms with Gasteiger partial charge < -0.3 is 9.53 Å². The van der Waals surface area contributed by atoms with Crippen molar-refractivity contribution in [2.45, 2.75) is 70.2 Å². The summed E-state index contributed by atoms with van der Waals surface area (Å²) in [6.07, 6.45) is 7.95. The van der Waals surface area contributed by atoms with Crippen LogP contribution in [-0.2, 0) is 4.43 Å². The van der Waals surface area contributed by atoms with Crippen LogP contribution in [0.2, 0.25) is 18.1 Å². The minimum Gasteiger partial charge on any atom is -0.546 e. The molecule has 0 aromatic heterocycles. The van der Waals surface area contributed by atoms with Gasteiger partial charge in [0.1, 0.15) is 0 Å². The van der Waals surface area contributed by atoms with Gasteiger partial charge in [0, 0.05) is 5.92 Å². The first kappa shape index (κ1) is 15.8. The van der Waals surface area contributed by atoms with Crippen LogP contribution in [-0.4, -0.2) is 19.0 Å². The highest BCUT2D eigenvalue weighted by Crippen LogP contribution is 2.52. The molecule has 0 unspecified atom stereocenters. The fourth-order valence-corrected chi connectivity index (χ4v) is 4.40. The lowest BCUT2D eigenvalue weighted by atomic mass is 9.77. The van der Waals surface area contributed by atoms with E-state index in [9.17, 15) is 5.11 Å². The molecule has 0 aromatic carbocycles. The predicted octanol–water partition coefficient (Wildman–Crippen LogP) is 4.63. The Balaban J connectivity index is 2.27. The summed E-state index contributed by atoms with van der Waals surface area (Å²) in [6.45, 7) is 15.3. The Morgan fingerprint density at radius 2 is 2.05 bits per heavy atom. The third-order valence-electron chi connectivity index (χ3n) is 5.63. The number of rotatable bonds is 3. The maximum Gasteiger partial charge on any atom is 0.250 e. The monoisotopic (exact) mass is 294 g/mol. The highest BCUT2D eigenvalue weighted by Gasteiger charge is 2.51. The van der Waals surface area contributed by atoms with Crippen molar-refractivity contribution in [2.24, 2.45) is 11.8 Å². The van der Waals surface area contributed by atoms with E-state index in [1.165, 1.54) is 0 Å². The topological polar surface area (TPSA) is 29.5 Å². The Morgan fingerprint density at radius 3 is 2.60 bits per heavy atom. The summed E-state index contributed by atoms with van der Waals surface area (Å²) in [5, 5.41) is 11.1. The molecule has 0 radical (unpaired) electrons. The van der Waals surface area contributed by atoms with E-state index < -0.39 is 13.9 Å². The summed E-state index contributed by atoms with van der Waals surface area (Å²) in [5.74, 6) is 1.53. The number of hydrogen-bond acceptors (Lipinski definition) is 2. The predicted molar refractivity (Wildman–Crippen MR) is 87.0 cm³/mol. The Labute approximate surface area is 125 Å². The number of aliphatic hydroxyl groups is 1. The van der Waals surface area contributed by atoms with Crippen LogP contribution in [0.4, 0.5) is 0 Å². The molecule has 2 nitrogen and oxygen atoms in total. The van der Waals surface area contributed by atoms with Gasteiger partial charge in [-0.25, -0.2) is 0 Å². The first-order valence-electron chi connectivity index (χ1n) is 7.85. The Morgan fingerprint density at radius 1 is 1.40 bits per heavy atom. The normalized spacial score (nSPS) is 34.4. The lowest BCUT2D eigenvalue weighted by Gasteiger charge is -2.43. The second-order valence-corrected chi connectivity index (χ2v) is 12.8. The van der Waals surface area contributed by atoms with E-state index in [4.69, 9.17) is 4.43 Å². The molecule has 0 saturated heterocycles. The van der Waals surface area contributed by atoms with Gasteiger partial charge in [-0.05, 0) is 55.8 Å². The van der Waals surface area contributed by atoms with Gasteiger partial charge in [0.2, 0.25) is 8.32 Å². The van der Waals surface area contributed by atoms with E-state index in [-0.39, 0.29) is 11.0 Å². The second kappa shape index (κ2) is 5.02. The minimum absolute atomic E-state index is 0.128. The first-order chi connectivity index (χ1) is 9.11. The molecule has 114 valence electrons. The highest BCUT2D eigenvalue weighted by molar-refractivity contribution is 6.74. The van der Waals surface area contributed by atoms with Crippen LogP contribution in [0.5, 0.6) is 0 Å². The fraction of sp³-hybridized carbons (Fsp3) is 0.765. The van der Waals surface area contributed by atoms with Crippen molar-refractivity contribution in [2.75, 3.05) is 0 Å². The third kappa shape index (κ3) is 2.62. The van der Waals surface area contributed by atoms with Crippen molar-refractivity contribution >= 4 is 8.32 Å². The maximum atomic E-state index is 10.9. The van der Waals surface area contributed by atoms with E-state index in [1.54, 1.807) is 0 Å². The summed E-state index contributed by atoms with van der Waals surface area (Å²) in [6, 6.07) is 0. The molecular formula is C17H30O2Si. The van der Waals surface area contributed by atoms with Gasteiger partial charge in [0.25, 0.3) is 0 Å². The Hall–Kier alpha value is -0.543. The van der Waals surface area contributed by atoms with Gasteiger partial charge in [-0.15, -0.1) is 6.58 Å². The van der Waals surface area contributed by atoms with Crippen molar-refractivity contribution in [3.63, 3.8) is 0 Å². The molecule has 3 heteroatoms. The van der Waals surface area contributed by atoms with E-state index in [1.807, 2.05) is 6.08 Å². The molecule has 1 saturated carbocycles. The average molecular weight is 295 g/mol. The minimum atomic E-state index is -1.84. The second-order valence-electron chi connectivity index (χ2n) is 8.03. The molecule has 0 bridgehead atoms. The summed E-state index contributed by atoms with van der Waals surface area (Å²) < 4.78 is 6.55. The summed E-state index contributed by atoms with van der Waals surface area (Å²) >= 11 is 0. The lowest BCUT2D eigenvalue weighted by molar-refractivity contribution is -0.0165. The zero-order valence-corrected chi connectivity index (χ0v) is 14.7. The lowest BCUT2D eigenvalue weighted by Crippen LogP contribution is -2.45. The summed E-state index contributed by atoms with van der Waals surface area (Å²) in [5.41, 5.74) is -0.564. The Bertz CT molecular complexity index is 419. The number of fused-ring (bicyclic) bond motifs is 1. The van der Waals surface area contributed by atoms with Gasteiger partial charge in [-0.1, -0.05) is 26.8 Å². The quantitative estimate of drug-likeness (QED) is 0.607. The molecule has 0 amide bonds.